The summed E-state index contributed by atoms with van der Waals surface area (Å²) in [6.45, 7) is 0. The zero-order valence-corrected chi connectivity index (χ0v) is 76.5. The van der Waals surface area contributed by atoms with Crippen LogP contribution in [0.4, 0.5) is 0 Å². The van der Waals surface area contributed by atoms with E-state index in [2.05, 4.69) is 525 Å². The van der Waals surface area contributed by atoms with Crippen LogP contribution in [0, 0.1) is 0 Å². The second kappa shape index (κ2) is 30.8. The maximum atomic E-state index is 2.51. The molecule has 648 valence electrons. The molecule has 0 unspecified atom stereocenters. The number of hydrogen-bond acceptors (Lipinski definition) is 0. The van der Waals surface area contributed by atoms with Crippen molar-refractivity contribution >= 4 is 207 Å². The smallest absolute Gasteiger partial charge is 0.0785 e. The Labute approximate surface area is 793 Å². The van der Waals surface area contributed by atoms with Crippen molar-refractivity contribution in [2.45, 2.75) is 0 Å². The van der Waals surface area contributed by atoms with Crippen molar-refractivity contribution in [1.82, 2.24) is 36.2 Å². The fraction of sp³-hybridized carbons (Fsp3) is 0.0308. The van der Waals surface area contributed by atoms with Crippen LogP contribution in [0.15, 0.2) is 461 Å². The number of aryl methyl sites for hydroxylation is 4. The number of nitrogens with zero attached hydrogens (tertiary/aromatic N) is 8. The first-order valence-corrected chi connectivity index (χ1v) is 47.7. The molecule has 8 nitrogen and oxygen atoms in total. The summed E-state index contributed by atoms with van der Waals surface area (Å²) in [7, 11) is 8.78. The number of rotatable bonds is 7. The molecule has 8 heteroatoms. The van der Waals surface area contributed by atoms with Gasteiger partial charge in [0.05, 0.1) is 77.2 Å². The SMILES string of the molecule is Cn1c2ccccc2c2ccc3c(c4ccccc4n3-c3cc(-c4ccccc4)cc(-c4ccccc4)c3)c21.Cn1c2ccccc2c2ccc3c(c4ccccc4n3-c3cccc(-c4ccc(-c5ccccc5)cc4)c3)c21.Cn1c2ccccc2c2ccc3c4cc(-c5ccccc5)cc5c6ccccc6n(c54)c3c21.Cn1c2ccccc2c2ccc3c4cccc5c6ccccc6n(c54)c3c21. The van der Waals surface area contributed by atoms with Crippen LogP contribution in [-0.2, 0) is 28.2 Å². The number of aromatic nitrogens is 8. The molecule has 31 rings (SSSR count). The molecule has 0 saturated carbocycles. The fourth-order valence-corrected chi connectivity index (χ4v) is 23.8. The molecule has 0 N–H and O–H groups in total. The highest BCUT2D eigenvalue weighted by Gasteiger charge is 2.28. The van der Waals surface area contributed by atoms with Crippen molar-refractivity contribution < 1.29 is 0 Å². The van der Waals surface area contributed by atoms with E-state index in [1.165, 1.54) is 274 Å². The molecule has 21 aromatic carbocycles. The average molecular weight is 1760 g/mol. The summed E-state index contributed by atoms with van der Waals surface area (Å²) in [6, 6.07) is 167. The Hall–Kier alpha value is -18.0. The van der Waals surface area contributed by atoms with E-state index < -0.39 is 0 Å². The zero-order chi connectivity index (χ0) is 91.2. The van der Waals surface area contributed by atoms with Crippen LogP contribution in [0.2, 0.25) is 0 Å². The summed E-state index contributed by atoms with van der Waals surface area (Å²) in [5, 5.41) is 26.2. The third kappa shape index (κ3) is 11.7. The largest absolute Gasteiger partial charge is 0.343 e. The third-order valence-corrected chi connectivity index (χ3v) is 29.9. The van der Waals surface area contributed by atoms with Crippen molar-refractivity contribution in [3.8, 4) is 67.0 Å². The second-order valence-electron chi connectivity index (χ2n) is 37.1. The molecule has 10 aromatic heterocycles. The minimum atomic E-state index is 1.17. The van der Waals surface area contributed by atoms with Crippen LogP contribution in [0.1, 0.15) is 0 Å². The van der Waals surface area contributed by atoms with E-state index in [1.54, 1.807) is 0 Å². The van der Waals surface area contributed by atoms with Gasteiger partial charge in [-0.1, -0.05) is 358 Å². The maximum Gasteiger partial charge on any atom is 0.0785 e. The molecule has 0 aliphatic carbocycles. The van der Waals surface area contributed by atoms with E-state index in [1.807, 2.05) is 0 Å². The molecule has 0 aliphatic heterocycles. The number of hydrogen-bond donors (Lipinski definition) is 0. The minimum Gasteiger partial charge on any atom is -0.343 e. The summed E-state index contributed by atoms with van der Waals surface area (Å²) < 4.78 is 19.3. The Morgan fingerprint density at radius 2 is 0.370 bits per heavy atom. The molecule has 0 saturated heterocycles. The van der Waals surface area contributed by atoms with Gasteiger partial charge in [-0.15, -0.1) is 0 Å². The Morgan fingerprint density at radius 1 is 0.123 bits per heavy atom. The molecule has 0 aliphatic rings. The van der Waals surface area contributed by atoms with Crippen LogP contribution in [0.5, 0.6) is 0 Å². The molecule has 0 fully saturated rings. The lowest BCUT2D eigenvalue weighted by molar-refractivity contribution is 1.02. The molecular formula is C130H88N8. The monoisotopic (exact) mass is 1760 g/mol. The van der Waals surface area contributed by atoms with Crippen molar-refractivity contribution in [2.24, 2.45) is 28.2 Å². The fourth-order valence-electron chi connectivity index (χ4n) is 23.8. The highest BCUT2D eigenvalue weighted by atomic mass is 15.0. The van der Waals surface area contributed by atoms with Gasteiger partial charge in [0, 0.05) is 169 Å². The van der Waals surface area contributed by atoms with Gasteiger partial charge in [0.1, 0.15) is 0 Å². The molecular weight excluding hydrogens is 1670 g/mol. The predicted octanol–water partition coefficient (Wildman–Crippen LogP) is 34.2. The molecule has 0 radical (unpaired) electrons. The van der Waals surface area contributed by atoms with Gasteiger partial charge in [-0.2, -0.15) is 0 Å². The van der Waals surface area contributed by atoms with E-state index in [0.29, 0.717) is 0 Å². The first-order chi connectivity index (χ1) is 68.2. The van der Waals surface area contributed by atoms with Crippen LogP contribution in [0.3, 0.4) is 0 Å². The van der Waals surface area contributed by atoms with E-state index in [4.69, 9.17) is 0 Å². The van der Waals surface area contributed by atoms with Crippen LogP contribution in [0.25, 0.3) is 274 Å². The van der Waals surface area contributed by atoms with Crippen LogP contribution in [-0.4, -0.2) is 36.2 Å². The molecule has 138 heavy (non-hydrogen) atoms. The molecule has 0 spiro atoms. The van der Waals surface area contributed by atoms with Crippen molar-refractivity contribution in [2.75, 3.05) is 0 Å². The number of benzene rings is 21. The van der Waals surface area contributed by atoms with Gasteiger partial charge in [-0.25, -0.2) is 0 Å². The highest BCUT2D eigenvalue weighted by molar-refractivity contribution is 6.33. The Morgan fingerprint density at radius 3 is 0.797 bits per heavy atom. The van der Waals surface area contributed by atoms with E-state index in [0.717, 1.165) is 0 Å². The van der Waals surface area contributed by atoms with Gasteiger partial charge in [-0.3, -0.25) is 0 Å². The highest BCUT2D eigenvalue weighted by Crippen LogP contribution is 2.50. The summed E-state index contributed by atoms with van der Waals surface area (Å²) in [5.74, 6) is 0. The Kier molecular flexibility index (Phi) is 17.6. The number of fused-ring (bicyclic) bond motifs is 34. The molecule has 0 bridgehead atoms. The lowest BCUT2D eigenvalue weighted by Gasteiger charge is -2.14. The molecule has 0 atom stereocenters. The van der Waals surface area contributed by atoms with E-state index >= 15 is 0 Å². The minimum absolute atomic E-state index is 1.17. The van der Waals surface area contributed by atoms with Crippen molar-refractivity contribution in [1.29, 1.82) is 0 Å². The van der Waals surface area contributed by atoms with Gasteiger partial charge in [0.25, 0.3) is 0 Å². The van der Waals surface area contributed by atoms with Gasteiger partial charge >= 0.3 is 0 Å². The summed E-state index contributed by atoms with van der Waals surface area (Å²) in [6.07, 6.45) is 0. The van der Waals surface area contributed by atoms with Crippen molar-refractivity contribution in [3.05, 3.63) is 461 Å². The maximum absolute atomic E-state index is 2.51. The van der Waals surface area contributed by atoms with Crippen molar-refractivity contribution in [3.63, 3.8) is 0 Å². The molecule has 0 amide bonds. The summed E-state index contributed by atoms with van der Waals surface area (Å²) in [4.78, 5) is 0. The zero-order valence-electron chi connectivity index (χ0n) is 76.5. The molecule has 10 heterocycles. The lowest BCUT2D eigenvalue weighted by atomic mass is 9.98. The van der Waals surface area contributed by atoms with E-state index in [9.17, 15) is 0 Å². The van der Waals surface area contributed by atoms with Gasteiger partial charge in [0.15, 0.2) is 0 Å². The first kappa shape index (κ1) is 78.7. The first-order valence-electron chi connectivity index (χ1n) is 47.7. The Balaban J connectivity index is 0.0000000915. The lowest BCUT2D eigenvalue weighted by Crippen LogP contribution is -1.96. The second-order valence-corrected chi connectivity index (χ2v) is 37.1. The number of para-hydroxylation sites is 9. The third-order valence-electron chi connectivity index (χ3n) is 29.9. The average Bonchev–Trinajstić information content (AvgIpc) is 1.50. The van der Waals surface area contributed by atoms with E-state index in [-0.39, 0.29) is 0 Å². The topological polar surface area (TPSA) is 38.4 Å². The molecule has 31 aromatic rings. The summed E-state index contributed by atoms with van der Waals surface area (Å²) in [5.41, 5.74) is 37.6. The summed E-state index contributed by atoms with van der Waals surface area (Å²) >= 11 is 0. The quantitative estimate of drug-likeness (QED) is 0.153. The van der Waals surface area contributed by atoms with Gasteiger partial charge < -0.3 is 36.2 Å². The normalized spacial score (nSPS) is 12.1. The van der Waals surface area contributed by atoms with Gasteiger partial charge in [0.2, 0.25) is 0 Å². The van der Waals surface area contributed by atoms with Crippen LogP contribution >= 0.6 is 0 Å². The van der Waals surface area contributed by atoms with Gasteiger partial charge in [-0.05, 0) is 159 Å². The standard InChI is InChI=1S/2C37H26N2.C31H20N2.C25H16N2/c1-38-33-18-10-8-16-30(33)31-20-21-35-36(37(31)38)32-17-9-11-19-34(32)39(35)29-23-27(25-12-4-2-5-13-25)22-28(24-29)26-14-6-3-7-15-26;1-38-33-16-7-5-14-30(33)31-22-23-35-36(37(31)38)32-15-6-8-17-34(32)39(35)29-13-9-12-28(24-29)27-20-18-26(19-21-27)25-10-3-2-4-11-25;1-32-27-13-7-5-11-21(27)23-15-16-24-26-18-20(19-9-3-2-4-10-19)17-25-22-12-6-8-14-28(22)33(29(25)26)31(24)30(23)32;1-26-21-11-4-2-7-15(21)19-13-14-20-18-10-6-9-17-16-8-3-5-12-22(16)27(23(17)18)25(20)24(19)26/h2*2-24H,1H3;2-18H,1H3;2-14H,1H3. The van der Waals surface area contributed by atoms with Crippen LogP contribution < -0.4 is 0 Å². The Bertz CT molecular complexity index is 10300. The predicted molar refractivity (Wildman–Crippen MR) is 587 cm³/mol.